The average molecular weight is 303 g/mol. The van der Waals surface area contributed by atoms with Gasteiger partial charge in [0.05, 0.1) is 18.7 Å². The molecule has 0 aliphatic heterocycles. The second-order valence-corrected chi connectivity index (χ2v) is 11.5. The van der Waals surface area contributed by atoms with E-state index in [-0.39, 0.29) is 0 Å². The Kier molecular flexibility index (Phi) is 4.28. The molecule has 110 valence electrons. The molecule has 0 spiro atoms. The van der Waals surface area contributed by atoms with Crippen LogP contribution in [0.4, 0.5) is 10.5 Å². The lowest BCUT2D eigenvalue weighted by molar-refractivity contribution is 0.0545. The molecular formula is C14H17N3O3Si. The third kappa shape index (κ3) is 4.06. The van der Waals surface area contributed by atoms with Gasteiger partial charge in [0, 0.05) is 8.07 Å². The molecule has 0 aliphatic rings. The molecule has 0 amide bonds. The number of rotatable bonds is 4. The third-order valence-electron chi connectivity index (χ3n) is 2.87. The average Bonchev–Trinajstić information content (AvgIpc) is 2.79. The first-order chi connectivity index (χ1) is 9.89. The lowest BCUT2D eigenvalue weighted by atomic mass is 10.3. The van der Waals surface area contributed by atoms with E-state index in [1.165, 1.54) is 11.1 Å². The fourth-order valence-corrected chi connectivity index (χ4v) is 2.38. The number of nitrogens with zero attached hydrogens (tertiary/aromatic N) is 3. The van der Waals surface area contributed by atoms with Crippen molar-refractivity contribution in [2.24, 2.45) is 0 Å². The summed E-state index contributed by atoms with van der Waals surface area (Å²) in [5.74, 6) is 0. The van der Waals surface area contributed by atoms with Crippen LogP contribution >= 0.6 is 0 Å². The molecule has 0 atom stereocenters. The second-order valence-electron chi connectivity index (χ2n) is 5.86. The van der Waals surface area contributed by atoms with Crippen LogP contribution in [0.3, 0.4) is 0 Å². The van der Waals surface area contributed by atoms with Gasteiger partial charge in [0.25, 0.3) is 0 Å². The number of hydrogen-bond donors (Lipinski definition) is 0. The fourth-order valence-electron chi connectivity index (χ4n) is 1.67. The molecule has 1 aromatic heterocycles. The number of imidazole rings is 1. The first-order valence-corrected chi connectivity index (χ1v) is 10.3. The topological polar surface area (TPSA) is 57.7 Å². The second kappa shape index (κ2) is 5.97. The SMILES string of the molecule is [C-]#[N+]c1ccc2c(c1)ncn2OC(=O)OCC[Si](C)(C)C. The Morgan fingerprint density at radius 1 is 1.43 bits per heavy atom. The van der Waals surface area contributed by atoms with Crippen LogP contribution in [-0.2, 0) is 4.74 Å². The van der Waals surface area contributed by atoms with Crippen LogP contribution < -0.4 is 4.84 Å². The molecule has 7 heteroatoms. The molecule has 0 N–H and O–H groups in total. The summed E-state index contributed by atoms with van der Waals surface area (Å²) < 4.78 is 6.31. The molecule has 2 aromatic rings. The Balaban J connectivity index is 2.00. The molecule has 0 bridgehead atoms. The van der Waals surface area contributed by atoms with E-state index in [9.17, 15) is 4.79 Å². The van der Waals surface area contributed by atoms with Gasteiger partial charge in [-0.1, -0.05) is 25.7 Å². The summed E-state index contributed by atoms with van der Waals surface area (Å²) in [6.45, 7) is 13.9. The number of hydrogen-bond acceptors (Lipinski definition) is 4. The first kappa shape index (κ1) is 15.1. The van der Waals surface area contributed by atoms with Crippen molar-refractivity contribution in [3.05, 3.63) is 35.9 Å². The molecule has 1 heterocycles. The molecule has 0 fully saturated rings. The lowest BCUT2D eigenvalue weighted by Crippen LogP contribution is -2.25. The van der Waals surface area contributed by atoms with E-state index < -0.39 is 14.2 Å². The Bertz CT molecular complexity index is 698. The maximum atomic E-state index is 11.6. The van der Waals surface area contributed by atoms with Gasteiger partial charge in [0.15, 0.2) is 5.69 Å². The molecule has 2 rings (SSSR count). The predicted molar refractivity (Wildman–Crippen MR) is 82.1 cm³/mol. The van der Waals surface area contributed by atoms with Gasteiger partial charge in [-0.25, -0.2) is 14.6 Å². The Morgan fingerprint density at radius 3 is 2.86 bits per heavy atom. The van der Waals surface area contributed by atoms with Crippen LogP contribution in [0.25, 0.3) is 15.9 Å². The van der Waals surface area contributed by atoms with Crippen molar-refractivity contribution in [1.82, 2.24) is 9.71 Å². The van der Waals surface area contributed by atoms with Crippen molar-refractivity contribution >= 4 is 31.0 Å². The zero-order chi connectivity index (χ0) is 15.5. The number of ether oxygens (including phenoxy) is 1. The molecule has 6 nitrogen and oxygen atoms in total. The van der Waals surface area contributed by atoms with Gasteiger partial charge in [0.2, 0.25) is 0 Å². The Labute approximate surface area is 124 Å². The van der Waals surface area contributed by atoms with Crippen molar-refractivity contribution in [1.29, 1.82) is 0 Å². The first-order valence-electron chi connectivity index (χ1n) is 6.59. The minimum atomic E-state index is -1.24. The summed E-state index contributed by atoms with van der Waals surface area (Å²) in [5.41, 5.74) is 1.70. The number of benzene rings is 1. The summed E-state index contributed by atoms with van der Waals surface area (Å²) >= 11 is 0. The van der Waals surface area contributed by atoms with Gasteiger partial charge in [0.1, 0.15) is 11.8 Å². The lowest BCUT2D eigenvalue weighted by Gasteiger charge is -2.14. The highest BCUT2D eigenvalue weighted by Crippen LogP contribution is 2.19. The highest BCUT2D eigenvalue weighted by Gasteiger charge is 2.15. The minimum absolute atomic E-state index is 0.364. The van der Waals surface area contributed by atoms with E-state index in [4.69, 9.17) is 16.1 Å². The van der Waals surface area contributed by atoms with Gasteiger partial charge < -0.3 is 4.74 Å². The molecule has 21 heavy (non-hydrogen) atoms. The van der Waals surface area contributed by atoms with Gasteiger partial charge in [-0.3, -0.25) is 4.84 Å². The Hall–Kier alpha value is -2.33. The van der Waals surface area contributed by atoms with Crippen LogP contribution in [-0.4, -0.2) is 30.6 Å². The van der Waals surface area contributed by atoms with Crippen LogP contribution in [0.1, 0.15) is 0 Å². The van der Waals surface area contributed by atoms with E-state index in [0.717, 1.165) is 6.04 Å². The van der Waals surface area contributed by atoms with Crippen molar-refractivity contribution in [2.45, 2.75) is 25.7 Å². The van der Waals surface area contributed by atoms with Crippen LogP contribution in [0.15, 0.2) is 24.5 Å². The smallest absolute Gasteiger partial charge is 0.433 e. The number of carbonyl (C=O) groups excluding carboxylic acids is 1. The van der Waals surface area contributed by atoms with Gasteiger partial charge in [-0.05, 0) is 18.2 Å². The van der Waals surface area contributed by atoms with E-state index in [1.54, 1.807) is 18.2 Å². The number of aromatic nitrogens is 2. The standard InChI is InChI=1S/C14H17N3O3Si/c1-15-11-5-6-13-12(9-11)16-10-17(13)20-14(18)19-7-8-21(2,3)4/h5-6,9-10H,7-8H2,2-4H3. The van der Waals surface area contributed by atoms with Crippen LogP contribution in [0.2, 0.25) is 25.7 Å². The monoisotopic (exact) mass is 303 g/mol. The summed E-state index contributed by atoms with van der Waals surface area (Å²) in [7, 11) is -1.24. The predicted octanol–water partition coefficient (Wildman–Crippen LogP) is 3.49. The zero-order valence-electron chi connectivity index (χ0n) is 12.3. The molecule has 0 unspecified atom stereocenters. The van der Waals surface area contributed by atoms with Crippen molar-refractivity contribution < 1.29 is 14.4 Å². The minimum Gasteiger partial charge on any atom is -0.433 e. The third-order valence-corrected chi connectivity index (χ3v) is 4.58. The quantitative estimate of drug-likeness (QED) is 0.493. The highest BCUT2D eigenvalue weighted by atomic mass is 28.3. The summed E-state index contributed by atoms with van der Waals surface area (Å²) in [6, 6.07) is 5.86. The van der Waals surface area contributed by atoms with Gasteiger partial charge in [-0.15, -0.1) is 0 Å². The van der Waals surface area contributed by atoms with Crippen molar-refractivity contribution in [2.75, 3.05) is 6.61 Å². The van der Waals surface area contributed by atoms with Gasteiger partial charge in [-0.2, -0.15) is 4.73 Å². The summed E-state index contributed by atoms with van der Waals surface area (Å²) in [5, 5.41) is 0. The zero-order valence-corrected chi connectivity index (χ0v) is 13.3. The maximum Gasteiger partial charge on any atom is 0.533 e. The maximum absolute atomic E-state index is 11.6. The summed E-state index contributed by atoms with van der Waals surface area (Å²) in [4.78, 5) is 24.1. The molecule has 0 aliphatic carbocycles. The molecule has 0 saturated carbocycles. The largest absolute Gasteiger partial charge is 0.533 e. The highest BCUT2D eigenvalue weighted by molar-refractivity contribution is 6.76. The number of carbonyl (C=O) groups is 1. The molecular weight excluding hydrogens is 286 g/mol. The molecule has 1 aromatic carbocycles. The molecule has 0 radical (unpaired) electrons. The van der Waals surface area contributed by atoms with E-state index in [2.05, 4.69) is 29.5 Å². The van der Waals surface area contributed by atoms with Crippen LogP contribution in [0.5, 0.6) is 0 Å². The van der Waals surface area contributed by atoms with Crippen molar-refractivity contribution in [3.63, 3.8) is 0 Å². The fraction of sp³-hybridized carbons (Fsp3) is 0.357. The van der Waals surface area contributed by atoms with E-state index in [1.807, 2.05) is 0 Å². The Morgan fingerprint density at radius 2 is 2.19 bits per heavy atom. The van der Waals surface area contributed by atoms with Gasteiger partial charge >= 0.3 is 6.16 Å². The normalized spacial score (nSPS) is 11.1. The van der Waals surface area contributed by atoms with E-state index in [0.29, 0.717) is 23.3 Å². The number of fused-ring (bicyclic) bond motifs is 1. The van der Waals surface area contributed by atoms with E-state index >= 15 is 0 Å². The summed E-state index contributed by atoms with van der Waals surface area (Å²) in [6.07, 6.45) is 0.639. The molecule has 0 saturated heterocycles. The van der Waals surface area contributed by atoms with Crippen LogP contribution in [0, 0.1) is 6.57 Å². The van der Waals surface area contributed by atoms with Crippen molar-refractivity contribution in [3.8, 4) is 0 Å².